The molecule has 0 amide bonds. The predicted molar refractivity (Wildman–Crippen MR) is 63.8 cm³/mol. The number of benzene rings is 1. The van der Waals surface area contributed by atoms with E-state index in [-0.39, 0.29) is 6.54 Å². The lowest BCUT2D eigenvalue weighted by atomic mass is 10.1. The molecule has 0 aliphatic carbocycles. The molecule has 16 heavy (non-hydrogen) atoms. The van der Waals surface area contributed by atoms with Crippen molar-refractivity contribution >= 4 is 10.2 Å². The summed E-state index contributed by atoms with van der Waals surface area (Å²) in [7, 11) is -0.394. The van der Waals surface area contributed by atoms with E-state index in [1.54, 1.807) is 0 Å². The van der Waals surface area contributed by atoms with Crippen molar-refractivity contribution in [3.63, 3.8) is 0 Å². The highest BCUT2D eigenvalue weighted by atomic mass is 32.2. The van der Waals surface area contributed by atoms with Crippen LogP contribution >= 0.6 is 0 Å². The van der Waals surface area contributed by atoms with Crippen molar-refractivity contribution in [3.8, 4) is 0 Å². The van der Waals surface area contributed by atoms with Crippen LogP contribution in [0.4, 0.5) is 0 Å². The predicted octanol–water partition coefficient (Wildman–Crippen LogP) is 0.0413. The van der Waals surface area contributed by atoms with Crippen molar-refractivity contribution in [2.75, 3.05) is 14.1 Å². The fourth-order valence-electron chi connectivity index (χ4n) is 1.17. The molecule has 0 atom stereocenters. The van der Waals surface area contributed by atoms with Crippen molar-refractivity contribution in [2.45, 2.75) is 13.1 Å². The van der Waals surface area contributed by atoms with Gasteiger partial charge in [0.1, 0.15) is 0 Å². The third kappa shape index (κ3) is 3.57. The molecule has 1 aromatic rings. The zero-order valence-corrected chi connectivity index (χ0v) is 10.3. The third-order valence-corrected chi connectivity index (χ3v) is 3.64. The van der Waals surface area contributed by atoms with E-state index < -0.39 is 10.2 Å². The highest BCUT2D eigenvalue weighted by molar-refractivity contribution is 7.87. The lowest BCUT2D eigenvalue weighted by molar-refractivity contribution is 0.505. The molecule has 1 rings (SSSR count). The van der Waals surface area contributed by atoms with E-state index in [4.69, 9.17) is 5.73 Å². The van der Waals surface area contributed by atoms with Gasteiger partial charge in [0, 0.05) is 27.2 Å². The van der Waals surface area contributed by atoms with Gasteiger partial charge in [0.15, 0.2) is 0 Å². The Morgan fingerprint density at radius 3 is 2.50 bits per heavy atom. The van der Waals surface area contributed by atoms with Gasteiger partial charge in [-0.25, -0.2) is 0 Å². The molecular weight excluding hydrogens is 226 g/mol. The van der Waals surface area contributed by atoms with Crippen LogP contribution in [-0.4, -0.2) is 26.8 Å². The van der Waals surface area contributed by atoms with E-state index in [9.17, 15) is 8.42 Å². The lowest BCUT2D eigenvalue weighted by Gasteiger charge is -2.12. The first-order valence-corrected chi connectivity index (χ1v) is 6.34. The number of nitrogens with two attached hydrogens (primary N) is 1. The van der Waals surface area contributed by atoms with Gasteiger partial charge in [-0.05, 0) is 11.1 Å². The largest absolute Gasteiger partial charge is 0.326 e. The molecule has 6 heteroatoms. The minimum Gasteiger partial charge on any atom is -0.326 e. The summed E-state index contributed by atoms with van der Waals surface area (Å²) < 4.78 is 26.5. The second-order valence-electron chi connectivity index (χ2n) is 3.63. The van der Waals surface area contributed by atoms with Gasteiger partial charge in [-0.3, -0.25) is 0 Å². The van der Waals surface area contributed by atoms with Crippen molar-refractivity contribution in [1.82, 2.24) is 9.03 Å². The van der Waals surface area contributed by atoms with E-state index in [2.05, 4.69) is 4.72 Å². The molecule has 1 aromatic carbocycles. The van der Waals surface area contributed by atoms with Gasteiger partial charge in [0.2, 0.25) is 0 Å². The summed E-state index contributed by atoms with van der Waals surface area (Å²) in [6, 6.07) is 7.51. The van der Waals surface area contributed by atoms with E-state index >= 15 is 0 Å². The maximum absolute atomic E-state index is 11.4. The maximum atomic E-state index is 11.4. The molecule has 3 N–H and O–H groups in total. The molecule has 0 saturated carbocycles. The summed E-state index contributed by atoms with van der Waals surface area (Å²) in [5.74, 6) is 0. The summed E-state index contributed by atoms with van der Waals surface area (Å²) in [5.41, 5.74) is 7.39. The molecule has 0 aliphatic rings. The molecule has 0 radical (unpaired) electrons. The topological polar surface area (TPSA) is 75.4 Å². The molecule has 0 unspecified atom stereocenters. The van der Waals surface area contributed by atoms with Gasteiger partial charge >= 0.3 is 0 Å². The Labute approximate surface area is 96.4 Å². The Balaban J connectivity index is 2.68. The molecular formula is C10H17N3O2S. The van der Waals surface area contributed by atoms with Crippen molar-refractivity contribution in [2.24, 2.45) is 5.73 Å². The fraction of sp³-hybridized carbons (Fsp3) is 0.400. The Hall–Kier alpha value is -0.950. The van der Waals surface area contributed by atoms with Crippen LogP contribution in [0.25, 0.3) is 0 Å². The summed E-state index contributed by atoms with van der Waals surface area (Å²) in [6.07, 6.45) is 0. The molecule has 0 aromatic heterocycles. The van der Waals surface area contributed by atoms with Crippen LogP contribution in [0.5, 0.6) is 0 Å². The Morgan fingerprint density at radius 1 is 1.31 bits per heavy atom. The fourth-order valence-corrected chi connectivity index (χ4v) is 1.78. The van der Waals surface area contributed by atoms with Gasteiger partial charge in [0.25, 0.3) is 10.2 Å². The van der Waals surface area contributed by atoms with Crippen molar-refractivity contribution < 1.29 is 8.42 Å². The zero-order valence-electron chi connectivity index (χ0n) is 9.47. The lowest BCUT2D eigenvalue weighted by Crippen LogP contribution is -2.35. The molecule has 90 valence electrons. The normalized spacial score (nSPS) is 12.0. The number of rotatable bonds is 5. The Kier molecular flexibility index (Phi) is 4.43. The minimum absolute atomic E-state index is 0.272. The molecule has 0 heterocycles. The monoisotopic (exact) mass is 243 g/mol. The number of hydrogen-bond acceptors (Lipinski definition) is 3. The first kappa shape index (κ1) is 13.1. The number of hydrogen-bond donors (Lipinski definition) is 2. The highest BCUT2D eigenvalue weighted by Gasteiger charge is 2.11. The molecule has 0 spiro atoms. The van der Waals surface area contributed by atoms with Gasteiger partial charge in [-0.15, -0.1) is 0 Å². The van der Waals surface area contributed by atoms with Crippen LogP contribution in [-0.2, 0) is 23.3 Å². The average Bonchev–Trinajstić information content (AvgIpc) is 2.26. The first-order valence-electron chi connectivity index (χ1n) is 4.90. The summed E-state index contributed by atoms with van der Waals surface area (Å²) >= 11 is 0. The summed E-state index contributed by atoms with van der Waals surface area (Å²) in [6.45, 7) is 0.725. The molecule has 0 fully saturated rings. The number of nitrogens with one attached hydrogen (secondary N) is 1. The second kappa shape index (κ2) is 5.40. The standard InChI is InChI=1S/C10H17N3O2S/c1-13(2)16(14,15)12-8-10-5-3-4-9(6-10)7-11/h3-6,12H,7-8,11H2,1-2H3. The van der Waals surface area contributed by atoms with Gasteiger partial charge in [-0.1, -0.05) is 24.3 Å². The van der Waals surface area contributed by atoms with Crippen LogP contribution < -0.4 is 10.5 Å². The first-order chi connectivity index (χ1) is 7.45. The number of nitrogens with zero attached hydrogens (tertiary/aromatic N) is 1. The highest BCUT2D eigenvalue weighted by Crippen LogP contribution is 2.05. The van der Waals surface area contributed by atoms with Gasteiger partial charge < -0.3 is 5.73 Å². The van der Waals surface area contributed by atoms with Crippen LogP contribution in [0, 0.1) is 0 Å². The van der Waals surface area contributed by atoms with Crippen LogP contribution in [0.2, 0.25) is 0 Å². The van der Waals surface area contributed by atoms with Gasteiger partial charge in [0.05, 0.1) is 0 Å². The van der Waals surface area contributed by atoms with Crippen molar-refractivity contribution in [1.29, 1.82) is 0 Å². The summed E-state index contributed by atoms with van der Waals surface area (Å²) in [4.78, 5) is 0. The van der Waals surface area contributed by atoms with E-state index in [1.165, 1.54) is 14.1 Å². The van der Waals surface area contributed by atoms with E-state index in [0.717, 1.165) is 15.4 Å². The van der Waals surface area contributed by atoms with Crippen LogP contribution in [0.3, 0.4) is 0 Å². The molecule has 0 bridgehead atoms. The Bertz CT molecular complexity index is 443. The van der Waals surface area contributed by atoms with Crippen molar-refractivity contribution in [3.05, 3.63) is 35.4 Å². The van der Waals surface area contributed by atoms with Crippen LogP contribution in [0.1, 0.15) is 11.1 Å². The third-order valence-electron chi connectivity index (χ3n) is 2.17. The van der Waals surface area contributed by atoms with Gasteiger partial charge in [-0.2, -0.15) is 17.4 Å². The second-order valence-corrected chi connectivity index (χ2v) is 5.60. The minimum atomic E-state index is -3.36. The molecule has 0 saturated heterocycles. The SMILES string of the molecule is CN(C)S(=O)(=O)NCc1cccc(CN)c1. The molecule has 0 aliphatic heterocycles. The zero-order chi connectivity index (χ0) is 12.2. The average molecular weight is 243 g/mol. The Morgan fingerprint density at radius 2 is 1.94 bits per heavy atom. The quantitative estimate of drug-likeness (QED) is 0.767. The van der Waals surface area contributed by atoms with Crippen LogP contribution in [0.15, 0.2) is 24.3 Å². The van der Waals surface area contributed by atoms with E-state index in [0.29, 0.717) is 6.54 Å². The molecule has 5 nitrogen and oxygen atoms in total. The smallest absolute Gasteiger partial charge is 0.279 e. The van der Waals surface area contributed by atoms with E-state index in [1.807, 2.05) is 24.3 Å². The maximum Gasteiger partial charge on any atom is 0.279 e. The summed E-state index contributed by atoms with van der Waals surface area (Å²) in [5, 5.41) is 0.